The van der Waals surface area contributed by atoms with Gasteiger partial charge in [0.15, 0.2) is 0 Å². The molecule has 1 saturated carbocycles. The Bertz CT molecular complexity index is 477. The van der Waals surface area contributed by atoms with E-state index >= 15 is 0 Å². The Kier molecular flexibility index (Phi) is 3.51. The van der Waals surface area contributed by atoms with Crippen molar-refractivity contribution < 1.29 is 5.11 Å². The van der Waals surface area contributed by atoms with E-state index in [-0.39, 0.29) is 16.9 Å². The highest BCUT2D eigenvalue weighted by atomic mass is 35.5. The Hall–Kier alpha value is -0.540. The third kappa shape index (κ3) is 2.11. The molecule has 1 aromatic rings. The van der Waals surface area contributed by atoms with Gasteiger partial charge in [-0.05, 0) is 23.2 Å². The molecule has 0 bridgehead atoms. The molecule has 1 fully saturated rings. The number of aliphatic hydroxyl groups excluding tert-OH is 1. The lowest BCUT2D eigenvalue weighted by Gasteiger charge is -2.13. The van der Waals surface area contributed by atoms with Crippen LogP contribution < -0.4 is 0 Å². The molecule has 4 heteroatoms. The number of nitrogens with zero attached hydrogens (tertiary/aromatic N) is 2. The topological polar surface area (TPSA) is 38.0 Å². The fourth-order valence-electron chi connectivity index (χ4n) is 3.57. The molecule has 0 saturated heterocycles. The molecule has 2 rings (SSSR count). The molecule has 1 N–H and O–H groups in total. The first-order valence-electron chi connectivity index (χ1n) is 7.02. The number of aromatic nitrogens is 2. The average Bonchev–Trinajstić information content (AvgIpc) is 2.56. The second-order valence-electron chi connectivity index (χ2n) is 6.88. The van der Waals surface area contributed by atoms with Crippen LogP contribution in [0.15, 0.2) is 0 Å². The van der Waals surface area contributed by atoms with Gasteiger partial charge in [-0.25, -0.2) is 0 Å². The van der Waals surface area contributed by atoms with Crippen molar-refractivity contribution in [3.05, 3.63) is 16.4 Å². The maximum Gasteiger partial charge on any atom is 0.0850 e. The van der Waals surface area contributed by atoms with E-state index in [0.717, 1.165) is 22.8 Å². The summed E-state index contributed by atoms with van der Waals surface area (Å²) < 4.78 is 1.81. The molecule has 0 radical (unpaired) electrons. The fourth-order valence-corrected chi connectivity index (χ4v) is 3.94. The van der Waals surface area contributed by atoms with E-state index in [9.17, 15) is 5.11 Å². The Labute approximate surface area is 121 Å². The maximum absolute atomic E-state index is 10.5. The molecule has 1 unspecified atom stereocenters. The third-order valence-electron chi connectivity index (χ3n) is 5.42. The molecular formula is C15H25ClN2O. The summed E-state index contributed by atoms with van der Waals surface area (Å²) in [4.78, 5) is 0. The van der Waals surface area contributed by atoms with E-state index in [0.29, 0.717) is 12.3 Å². The van der Waals surface area contributed by atoms with E-state index in [1.54, 1.807) is 0 Å². The Balaban J connectivity index is 2.17. The maximum atomic E-state index is 10.5. The first-order chi connectivity index (χ1) is 8.64. The molecule has 1 aliphatic rings. The van der Waals surface area contributed by atoms with Gasteiger partial charge in [0, 0.05) is 13.5 Å². The van der Waals surface area contributed by atoms with Crippen LogP contribution in [0.25, 0.3) is 0 Å². The SMILES string of the molecule is CCc1nn(C)c(CC(O)C2C(C)(C)C2(C)C)c1Cl. The largest absolute Gasteiger partial charge is 0.392 e. The summed E-state index contributed by atoms with van der Waals surface area (Å²) in [5.74, 6) is 0.316. The number of hydrogen-bond donors (Lipinski definition) is 1. The minimum atomic E-state index is -0.359. The van der Waals surface area contributed by atoms with Crippen molar-refractivity contribution in [1.29, 1.82) is 0 Å². The van der Waals surface area contributed by atoms with Crippen LogP contribution in [0.4, 0.5) is 0 Å². The molecule has 1 atom stereocenters. The molecule has 0 aliphatic heterocycles. The first kappa shape index (κ1) is 14.9. The van der Waals surface area contributed by atoms with Gasteiger partial charge < -0.3 is 5.11 Å². The molecule has 0 amide bonds. The van der Waals surface area contributed by atoms with Gasteiger partial charge in [0.05, 0.1) is 22.5 Å². The minimum absolute atomic E-state index is 0.186. The van der Waals surface area contributed by atoms with Crippen molar-refractivity contribution in [2.45, 2.75) is 53.6 Å². The van der Waals surface area contributed by atoms with Gasteiger partial charge >= 0.3 is 0 Å². The van der Waals surface area contributed by atoms with Crippen LogP contribution in [0.5, 0.6) is 0 Å². The lowest BCUT2D eigenvalue weighted by molar-refractivity contribution is 0.127. The molecule has 3 nitrogen and oxygen atoms in total. The van der Waals surface area contributed by atoms with Crippen LogP contribution in [0.3, 0.4) is 0 Å². The predicted molar refractivity (Wildman–Crippen MR) is 78.4 cm³/mol. The highest BCUT2D eigenvalue weighted by Crippen LogP contribution is 2.69. The summed E-state index contributed by atoms with van der Waals surface area (Å²) >= 11 is 6.35. The number of halogens is 1. The van der Waals surface area contributed by atoms with E-state index < -0.39 is 0 Å². The monoisotopic (exact) mass is 284 g/mol. The summed E-state index contributed by atoms with van der Waals surface area (Å²) in [6.45, 7) is 10.9. The highest BCUT2D eigenvalue weighted by molar-refractivity contribution is 6.31. The van der Waals surface area contributed by atoms with E-state index in [1.807, 2.05) is 18.7 Å². The van der Waals surface area contributed by atoms with Crippen molar-refractivity contribution in [2.75, 3.05) is 0 Å². The second kappa shape index (κ2) is 4.49. The number of rotatable bonds is 4. The third-order valence-corrected chi connectivity index (χ3v) is 5.86. The van der Waals surface area contributed by atoms with Gasteiger partial charge in [-0.1, -0.05) is 46.2 Å². The van der Waals surface area contributed by atoms with Crippen LogP contribution in [-0.2, 0) is 19.9 Å². The Morgan fingerprint density at radius 3 is 2.21 bits per heavy atom. The quantitative estimate of drug-likeness (QED) is 0.922. The van der Waals surface area contributed by atoms with Crippen molar-refractivity contribution in [3.8, 4) is 0 Å². The van der Waals surface area contributed by atoms with Crippen molar-refractivity contribution in [2.24, 2.45) is 23.8 Å². The summed E-state index contributed by atoms with van der Waals surface area (Å²) in [5, 5.41) is 15.7. The van der Waals surface area contributed by atoms with Crippen LogP contribution in [0.1, 0.15) is 46.0 Å². The molecule has 0 spiro atoms. The van der Waals surface area contributed by atoms with Crippen molar-refractivity contribution >= 4 is 11.6 Å². The van der Waals surface area contributed by atoms with E-state index in [2.05, 4.69) is 32.8 Å². The zero-order valence-electron chi connectivity index (χ0n) is 12.8. The van der Waals surface area contributed by atoms with E-state index in [1.165, 1.54) is 0 Å². The zero-order chi connectivity index (χ0) is 14.6. The second-order valence-corrected chi connectivity index (χ2v) is 7.26. The van der Waals surface area contributed by atoms with Crippen LogP contribution in [0, 0.1) is 16.7 Å². The Morgan fingerprint density at radius 1 is 1.32 bits per heavy atom. The van der Waals surface area contributed by atoms with E-state index in [4.69, 9.17) is 11.6 Å². The first-order valence-corrected chi connectivity index (χ1v) is 7.40. The summed E-state index contributed by atoms with van der Waals surface area (Å²) in [6, 6.07) is 0. The molecule has 0 aromatic carbocycles. The molecule has 1 heterocycles. The van der Waals surface area contributed by atoms with Gasteiger partial charge in [-0.2, -0.15) is 5.10 Å². The average molecular weight is 285 g/mol. The van der Waals surface area contributed by atoms with Gasteiger partial charge in [0.25, 0.3) is 0 Å². The molecule has 108 valence electrons. The molecular weight excluding hydrogens is 260 g/mol. The fraction of sp³-hybridized carbons (Fsp3) is 0.800. The van der Waals surface area contributed by atoms with Crippen LogP contribution in [-0.4, -0.2) is 21.0 Å². The molecule has 1 aromatic heterocycles. The smallest absolute Gasteiger partial charge is 0.0850 e. The number of hydrogen-bond acceptors (Lipinski definition) is 2. The van der Waals surface area contributed by atoms with Crippen LogP contribution >= 0.6 is 11.6 Å². The normalized spacial score (nSPS) is 22.5. The molecule has 1 aliphatic carbocycles. The zero-order valence-corrected chi connectivity index (χ0v) is 13.5. The lowest BCUT2D eigenvalue weighted by Crippen LogP contribution is -2.19. The molecule has 19 heavy (non-hydrogen) atoms. The number of aryl methyl sites for hydroxylation is 2. The van der Waals surface area contributed by atoms with Crippen LogP contribution in [0.2, 0.25) is 5.02 Å². The minimum Gasteiger partial charge on any atom is -0.392 e. The predicted octanol–water partition coefficient (Wildman–Crippen LogP) is 3.22. The highest BCUT2D eigenvalue weighted by Gasteiger charge is 2.67. The van der Waals surface area contributed by atoms with Crippen molar-refractivity contribution in [3.63, 3.8) is 0 Å². The van der Waals surface area contributed by atoms with Gasteiger partial charge in [-0.15, -0.1) is 0 Å². The standard InChI is InChI=1S/C15H25ClN2O/c1-7-9-12(16)10(18(6)17-9)8-11(19)13-14(2,3)15(13,4)5/h11,13,19H,7-8H2,1-6H3. The van der Waals surface area contributed by atoms with Gasteiger partial charge in [-0.3, -0.25) is 4.68 Å². The van der Waals surface area contributed by atoms with Gasteiger partial charge in [0.1, 0.15) is 0 Å². The van der Waals surface area contributed by atoms with Crippen molar-refractivity contribution in [1.82, 2.24) is 9.78 Å². The lowest BCUT2D eigenvalue weighted by atomic mass is 10.0. The number of aliphatic hydroxyl groups is 1. The summed E-state index contributed by atoms with van der Waals surface area (Å²) in [7, 11) is 1.90. The Morgan fingerprint density at radius 2 is 1.84 bits per heavy atom. The van der Waals surface area contributed by atoms with Gasteiger partial charge in [0.2, 0.25) is 0 Å². The summed E-state index contributed by atoms with van der Waals surface area (Å²) in [6.07, 6.45) is 1.05. The summed E-state index contributed by atoms with van der Waals surface area (Å²) in [5.41, 5.74) is 2.24.